The third-order valence-electron chi connectivity index (χ3n) is 3.88. The largest absolute Gasteiger partial charge is 0.491 e. The number of ether oxygens (including phenoxy) is 1. The molecule has 0 bridgehead atoms. The van der Waals surface area contributed by atoms with Crippen LogP contribution in [0.25, 0.3) is 0 Å². The summed E-state index contributed by atoms with van der Waals surface area (Å²) >= 11 is 0. The van der Waals surface area contributed by atoms with Gasteiger partial charge in [0.05, 0.1) is 6.10 Å². The van der Waals surface area contributed by atoms with Crippen molar-refractivity contribution in [1.29, 1.82) is 0 Å². The van der Waals surface area contributed by atoms with Crippen molar-refractivity contribution in [2.45, 2.75) is 51.6 Å². The van der Waals surface area contributed by atoms with E-state index in [-0.39, 0.29) is 6.10 Å². The molecular weight excluding hydrogens is 222 g/mol. The number of rotatable bonds is 6. The van der Waals surface area contributed by atoms with Crippen LogP contribution in [0, 0.1) is 5.92 Å². The van der Waals surface area contributed by atoms with Crippen LogP contribution in [0.4, 0.5) is 0 Å². The Morgan fingerprint density at radius 2 is 1.89 bits per heavy atom. The van der Waals surface area contributed by atoms with E-state index in [1.54, 1.807) is 0 Å². The zero-order chi connectivity index (χ0) is 13.0. The van der Waals surface area contributed by atoms with Gasteiger partial charge in [-0.15, -0.1) is 0 Å². The van der Waals surface area contributed by atoms with Crippen LogP contribution in [-0.4, -0.2) is 12.6 Å². The number of hydrogen-bond donors (Lipinski definition) is 1. The number of benzene rings is 1. The van der Waals surface area contributed by atoms with E-state index in [0.717, 1.165) is 24.6 Å². The molecule has 0 heterocycles. The Morgan fingerprint density at radius 3 is 2.33 bits per heavy atom. The van der Waals surface area contributed by atoms with E-state index in [1.165, 1.54) is 24.8 Å². The highest BCUT2D eigenvalue weighted by Crippen LogP contribution is 2.41. The highest BCUT2D eigenvalue weighted by molar-refractivity contribution is 5.30. The van der Waals surface area contributed by atoms with Gasteiger partial charge in [0.25, 0.3) is 0 Å². The average molecular weight is 247 g/mol. The smallest absolute Gasteiger partial charge is 0.119 e. The summed E-state index contributed by atoms with van der Waals surface area (Å²) in [5.74, 6) is 2.47. The molecule has 1 fully saturated rings. The normalized spacial score (nSPS) is 17.6. The first kappa shape index (κ1) is 13.4. The molecule has 1 atom stereocenters. The lowest BCUT2D eigenvalue weighted by Crippen LogP contribution is -2.22. The number of hydrogen-bond acceptors (Lipinski definition) is 2. The summed E-state index contributed by atoms with van der Waals surface area (Å²) in [7, 11) is 0. The van der Waals surface area contributed by atoms with Crippen LogP contribution in [0.5, 0.6) is 5.75 Å². The molecule has 0 aliphatic heterocycles. The first-order valence-electron chi connectivity index (χ1n) is 7.17. The highest BCUT2D eigenvalue weighted by atomic mass is 16.5. The van der Waals surface area contributed by atoms with Crippen molar-refractivity contribution < 1.29 is 4.74 Å². The van der Waals surface area contributed by atoms with Crippen LogP contribution in [0.15, 0.2) is 24.3 Å². The van der Waals surface area contributed by atoms with Crippen molar-refractivity contribution in [3.63, 3.8) is 0 Å². The standard InChI is InChI=1S/C16H25NO/c1-12(2)18-15-8-6-14(7-9-15)16(10-11-17)13-4-3-5-13/h6-9,12-13,16H,3-5,10-11,17H2,1-2H3. The minimum absolute atomic E-state index is 0.238. The lowest BCUT2D eigenvalue weighted by molar-refractivity contribution is 0.241. The SMILES string of the molecule is CC(C)Oc1ccc(C(CCN)C2CCC2)cc1. The molecule has 2 rings (SSSR count). The highest BCUT2D eigenvalue weighted by Gasteiger charge is 2.27. The Kier molecular flexibility index (Phi) is 4.65. The van der Waals surface area contributed by atoms with Gasteiger partial charge in [-0.1, -0.05) is 18.6 Å². The molecule has 18 heavy (non-hydrogen) atoms. The van der Waals surface area contributed by atoms with Gasteiger partial charge in [-0.2, -0.15) is 0 Å². The molecule has 1 unspecified atom stereocenters. The van der Waals surface area contributed by atoms with E-state index in [1.807, 2.05) is 0 Å². The minimum atomic E-state index is 0.238. The molecule has 1 aliphatic rings. The summed E-state index contributed by atoms with van der Waals surface area (Å²) in [4.78, 5) is 0. The molecule has 0 saturated heterocycles. The second-order valence-electron chi connectivity index (χ2n) is 5.61. The van der Waals surface area contributed by atoms with Crippen molar-refractivity contribution in [3.05, 3.63) is 29.8 Å². The second kappa shape index (κ2) is 6.24. The van der Waals surface area contributed by atoms with Crippen molar-refractivity contribution >= 4 is 0 Å². The zero-order valence-corrected chi connectivity index (χ0v) is 11.6. The first-order valence-corrected chi connectivity index (χ1v) is 7.17. The monoisotopic (exact) mass is 247 g/mol. The summed E-state index contributed by atoms with van der Waals surface area (Å²) in [6.07, 6.45) is 5.47. The third-order valence-corrected chi connectivity index (χ3v) is 3.88. The maximum atomic E-state index is 5.75. The second-order valence-corrected chi connectivity index (χ2v) is 5.61. The Labute approximate surface area is 111 Å². The lowest BCUT2D eigenvalue weighted by atomic mass is 9.72. The molecule has 2 heteroatoms. The Balaban J connectivity index is 2.05. The van der Waals surface area contributed by atoms with E-state index in [9.17, 15) is 0 Å². The maximum Gasteiger partial charge on any atom is 0.119 e. The van der Waals surface area contributed by atoms with Crippen LogP contribution in [0.3, 0.4) is 0 Å². The fraction of sp³-hybridized carbons (Fsp3) is 0.625. The maximum absolute atomic E-state index is 5.75. The van der Waals surface area contributed by atoms with Crippen molar-refractivity contribution in [2.24, 2.45) is 11.7 Å². The summed E-state index contributed by atoms with van der Waals surface area (Å²) in [5, 5.41) is 0. The molecule has 1 aromatic rings. The van der Waals surface area contributed by atoms with Crippen LogP contribution in [-0.2, 0) is 0 Å². The third kappa shape index (κ3) is 3.26. The topological polar surface area (TPSA) is 35.2 Å². The first-order chi connectivity index (χ1) is 8.70. The van der Waals surface area contributed by atoms with Gasteiger partial charge in [0.1, 0.15) is 5.75 Å². The van der Waals surface area contributed by atoms with Gasteiger partial charge in [0.15, 0.2) is 0 Å². The Hall–Kier alpha value is -1.02. The van der Waals surface area contributed by atoms with Gasteiger partial charge in [-0.25, -0.2) is 0 Å². The quantitative estimate of drug-likeness (QED) is 0.831. The lowest BCUT2D eigenvalue weighted by Gasteiger charge is -2.34. The van der Waals surface area contributed by atoms with Crippen LogP contribution >= 0.6 is 0 Å². The van der Waals surface area contributed by atoms with E-state index in [0.29, 0.717) is 5.92 Å². The molecule has 0 aromatic heterocycles. The van der Waals surface area contributed by atoms with E-state index >= 15 is 0 Å². The van der Waals surface area contributed by atoms with E-state index < -0.39 is 0 Å². The van der Waals surface area contributed by atoms with Crippen LogP contribution in [0.1, 0.15) is 51.0 Å². The zero-order valence-electron chi connectivity index (χ0n) is 11.6. The molecule has 2 nitrogen and oxygen atoms in total. The summed E-state index contributed by atoms with van der Waals surface area (Å²) in [5.41, 5.74) is 7.19. The molecular formula is C16H25NO. The Morgan fingerprint density at radius 1 is 1.22 bits per heavy atom. The summed E-state index contributed by atoms with van der Waals surface area (Å²) in [6, 6.07) is 8.63. The van der Waals surface area contributed by atoms with E-state index in [2.05, 4.69) is 38.1 Å². The van der Waals surface area contributed by atoms with Gasteiger partial charge < -0.3 is 10.5 Å². The van der Waals surface area contributed by atoms with Crippen LogP contribution in [0.2, 0.25) is 0 Å². The average Bonchev–Trinajstić information content (AvgIpc) is 2.26. The summed E-state index contributed by atoms with van der Waals surface area (Å²) in [6.45, 7) is 4.89. The Bertz CT molecular complexity index is 354. The molecule has 0 radical (unpaired) electrons. The van der Waals surface area contributed by atoms with Crippen molar-refractivity contribution in [1.82, 2.24) is 0 Å². The molecule has 1 aromatic carbocycles. The van der Waals surface area contributed by atoms with Gasteiger partial charge in [-0.05, 0) is 69.2 Å². The molecule has 0 amide bonds. The molecule has 0 spiro atoms. The fourth-order valence-corrected chi connectivity index (χ4v) is 2.76. The van der Waals surface area contributed by atoms with E-state index in [4.69, 9.17) is 10.5 Å². The van der Waals surface area contributed by atoms with Gasteiger partial charge >= 0.3 is 0 Å². The minimum Gasteiger partial charge on any atom is -0.491 e. The van der Waals surface area contributed by atoms with Crippen LogP contribution < -0.4 is 10.5 Å². The summed E-state index contributed by atoms with van der Waals surface area (Å²) < 4.78 is 5.68. The van der Waals surface area contributed by atoms with Crippen molar-refractivity contribution in [2.75, 3.05) is 6.54 Å². The predicted molar refractivity (Wildman–Crippen MR) is 76.0 cm³/mol. The van der Waals surface area contributed by atoms with Gasteiger partial charge in [-0.3, -0.25) is 0 Å². The molecule has 1 saturated carbocycles. The predicted octanol–water partition coefficient (Wildman–Crippen LogP) is 3.71. The van der Waals surface area contributed by atoms with Gasteiger partial charge in [0.2, 0.25) is 0 Å². The van der Waals surface area contributed by atoms with Crippen molar-refractivity contribution in [3.8, 4) is 5.75 Å². The molecule has 1 aliphatic carbocycles. The molecule has 2 N–H and O–H groups in total. The number of nitrogens with two attached hydrogens (primary N) is 1. The molecule has 100 valence electrons. The van der Waals surface area contributed by atoms with Gasteiger partial charge in [0, 0.05) is 0 Å². The fourth-order valence-electron chi connectivity index (χ4n) is 2.76.